The molecule has 2 heterocycles. The summed E-state index contributed by atoms with van der Waals surface area (Å²) < 4.78 is 0. The third-order valence-electron chi connectivity index (χ3n) is 3.57. The van der Waals surface area contributed by atoms with Gasteiger partial charge < -0.3 is 5.11 Å². The maximum absolute atomic E-state index is 12.4. The number of aliphatic hydroxyl groups is 1. The van der Waals surface area contributed by atoms with Crippen molar-refractivity contribution in [2.75, 3.05) is 25.0 Å². The van der Waals surface area contributed by atoms with Crippen molar-refractivity contribution in [3.05, 3.63) is 5.01 Å². The van der Waals surface area contributed by atoms with Gasteiger partial charge in [0.05, 0.1) is 6.04 Å². The minimum atomic E-state index is -0.112. The summed E-state index contributed by atoms with van der Waals surface area (Å²) in [6, 6.07) is -0.112. The van der Waals surface area contributed by atoms with Crippen LogP contribution >= 0.6 is 11.3 Å². The highest BCUT2D eigenvalue weighted by Gasteiger charge is 2.31. The second kappa shape index (κ2) is 6.81. The fraction of sp³-hybridized carbons (Fsp3) is 0.786. The van der Waals surface area contributed by atoms with Gasteiger partial charge in [-0.25, -0.2) is 0 Å². The fourth-order valence-electron chi connectivity index (χ4n) is 2.43. The summed E-state index contributed by atoms with van der Waals surface area (Å²) in [7, 11) is 0. The molecule has 1 atom stereocenters. The molecule has 1 aliphatic rings. The summed E-state index contributed by atoms with van der Waals surface area (Å²) in [5.41, 5.74) is -0.0544. The van der Waals surface area contributed by atoms with E-state index in [0.717, 1.165) is 30.9 Å². The molecule has 7 heteroatoms. The summed E-state index contributed by atoms with van der Waals surface area (Å²) >= 11 is 1.43. The molecule has 2 rings (SSSR count). The number of likely N-dealkylation sites (tertiary alicyclic amines) is 1. The molecule has 0 unspecified atom stereocenters. The number of rotatable bonds is 5. The summed E-state index contributed by atoms with van der Waals surface area (Å²) in [6.45, 7) is 8.07. The summed E-state index contributed by atoms with van der Waals surface area (Å²) in [6.07, 6.45) is 2.59. The van der Waals surface area contributed by atoms with Crippen molar-refractivity contribution in [1.29, 1.82) is 0 Å². The van der Waals surface area contributed by atoms with Crippen LogP contribution in [0.3, 0.4) is 0 Å². The Morgan fingerprint density at radius 2 is 2.24 bits per heavy atom. The molecule has 1 aliphatic heterocycles. The summed E-state index contributed by atoms with van der Waals surface area (Å²) in [5.74, 6) is -0.0120. The highest BCUT2D eigenvalue weighted by atomic mass is 32.1. The van der Waals surface area contributed by atoms with Crippen molar-refractivity contribution < 1.29 is 9.90 Å². The highest BCUT2D eigenvalue weighted by molar-refractivity contribution is 7.15. The van der Waals surface area contributed by atoms with Crippen molar-refractivity contribution >= 4 is 22.4 Å². The van der Waals surface area contributed by atoms with Gasteiger partial charge in [0.2, 0.25) is 11.0 Å². The van der Waals surface area contributed by atoms with Crippen molar-refractivity contribution in [2.24, 2.45) is 0 Å². The first-order valence-electron chi connectivity index (χ1n) is 7.41. The first-order valence-corrected chi connectivity index (χ1v) is 8.23. The van der Waals surface area contributed by atoms with Crippen LogP contribution in [0.4, 0.5) is 5.13 Å². The first-order chi connectivity index (χ1) is 9.91. The number of nitrogens with one attached hydrogen (secondary N) is 1. The Morgan fingerprint density at radius 1 is 1.48 bits per heavy atom. The standard InChI is InChI=1S/C14H24N4O2S/c1-14(2,3)12-16-17-13(21-12)15-11(20)10-6-4-7-18(10)8-5-9-19/h10,19H,4-9H2,1-3H3,(H,15,17,20)/t10-/m0/s1. The first kappa shape index (κ1) is 16.3. The number of hydrogen-bond acceptors (Lipinski definition) is 6. The topological polar surface area (TPSA) is 78.4 Å². The number of carbonyl (C=O) groups excluding carboxylic acids is 1. The van der Waals surface area contributed by atoms with Crippen molar-refractivity contribution in [3.63, 3.8) is 0 Å². The normalized spacial score (nSPS) is 19.9. The lowest BCUT2D eigenvalue weighted by molar-refractivity contribution is -0.120. The Balaban J connectivity index is 1.96. The van der Waals surface area contributed by atoms with Crippen molar-refractivity contribution in [1.82, 2.24) is 15.1 Å². The maximum Gasteiger partial charge on any atom is 0.243 e. The van der Waals surface area contributed by atoms with Crippen LogP contribution in [-0.2, 0) is 10.2 Å². The molecule has 6 nitrogen and oxygen atoms in total. The SMILES string of the molecule is CC(C)(C)c1nnc(NC(=O)[C@@H]2CCCN2CCCO)s1. The largest absolute Gasteiger partial charge is 0.396 e. The van der Waals surface area contributed by atoms with Gasteiger partial charge in [0, 0.05) is 18.6 Å². The zero-order chi connectivity index (χ0) is 15.5. The smallest absolute Gasteiger partial charge is 0.243 e. The molecule has 0 aliphatic carbocycles. The van der Waals surface area contributed by atoms with Gasteiger partial charge >= 0.3 is 0 Å². The molecule has 1 fully saturated rings. The monoisotopic (exact) mass is 312 g/mol. The average molecular weight is 312 g/mol. The van der Waals surface area contributed by atoms with E-state index in [-0.39, 0.29) is 24.0 Å². The zero-order valence-corrected chi connectivity index (χ0v) is 13.7. The molecule has 1 aromatic rings. The quantitative estimate of drug-likeness (QED) is 0.864. The number of carbonyl (C=O) groups is 1. The van der Waals surface area contributed by atoms with Crippen LogP contribution in [0.25, 0.3) is 0 Å². The van der Waals surface area contributed by atoms with Crippen LogP contribution in [0, 0.1) is 0 Å². The second-order valence-electron chi connectivity index (χ2n) is 6.42. The lowest BCUT2D eigenvalue weighted by Crippen LogP contribution is -2.40. The Bertz CT molecular complexity index is 484. The predicted molar refractivity (Wildman–Crippen MR) is 83.5 cm³/mol. The van der Waals surface area contributed by atoms with Gasteiger partial charge in [-0.3, -0.25) is 15.0 Å². The number of anilines is 1. The lowest BCUT2D eigenvalue weighted by Gasteiger charge is -2.22. The van der Waals surface area contributed by atoms with Crippen LogP contribution in [0.1, 0.15) is 45.0 Å². The number of amides is 1. The summed E-state index contributed by atoms with van der Waals surface area (Å²) in [4.78, 5) is 14.5. The van der Waals surface area contributed by atoms with Crippen LogP contribution < -0.4 is 5.32 Å². The van der Waals surface area contributed by atoms with Gasteiger partial charge in [-0.05, 0) is 25.8 Å². The van der Waals surface area contributed by atoms with Crippen molar-refractivity contribution in [3.8, 4) is 0 Å². The van der Waals surface area contributed by atoms with E-state index < -0.39 is 0 Å². The third-order valence-corrected chi connectivity index (χ3v) is 4.83. The van der Waals surface area contributed by atoms with E-state index in [4.69, 9.17) is 5.11 Å². The Labute approximate surface area is 129 Å². The number of aromatic nitrogens is 2. The molecule has 0 saturated carbocycles. The van der Waals surface area contributed by atoms with Crippen LogP contribution in [0.2, 0.25) is 0 Å². The third kappa shape index (κ3) is 4.21. The van der Waals surface area contributed by atoms with E-state index in [9.17, 15) is 4.79 Å². The Kier molecular flexibility index (Phi) is 5.29. The number of aliphatic hydroxyl groups excluding tert-OH is 1. The number of hydrogen-bond donors (Lipinski definition) is 2. The van der Waals surface area contributed by atoms with Crippen LogP contribution in [0.5, 0.6) is 0 Å². The van der Waals surface area contributed by atoms with E-state index in [1.165, 1.54) is 11.3 Å². The predicted octanol–water partition coefficient (Wildman–Crippen LogP) is 1.62. The van der Waals surface area contributed by atoms with Crippen molar-refractivity contribution in [2.45, 2.75) is 51.5 Å². The molecule has 118 valence electrons. The average Bonchev–Trinajstić information content (AvgIpc) is 3.03. The molecule has 1 amide bonds. The second-order valence-corrected chi connectivity index (χ2v) is 7.40. The van der Waals surface area contributed by atoms with Gasteiger partial charge in [-0.1, -0.05) is 32.1 Å². The van der Waals surface area contributed by atoms with E-state index in [2.05, 4.69) is 41.2 Å². The molecule has 21 heavy (non-hydrogen) atoms. The molecule has 1 saturated heterocycles. The summed E-state index contributed by atoms with van der Waals surface area (Å²) in [5, 5.41) is 21.5. The minimum Gasteiger partial charge on any atom is -0.396 e. The molecular formula is C14H24N4O2S. The van der Waals surface area contributed by atoms with Gasteiger partial charge in [-0.15, -0.1) is 10.2 Å². The molecule has 0 aromatic carbocycles. The van der Waals surface area contributed by atoms with E-state index in [1.807, 2.05) is 0 Å². The highest BCUT2D eigenvalue weighted by Crippen LogP contribution is 2.28. The molecule has 0 bridgehead atoms. The maximum atomic E-state index is 12.4. The van der Waals surface area contributed by atoms with E-state index >= 15 is 0 Å². The molecular weight excluding hydrogens is 288 g/mol. The Hall–Kier alpha value is -1.05. The van der Waals surface area contributed by atoms with Gasteiger partial charge in [0.1, 0.15) is 5.01 Å². The van der Waals surface area contributed by atoms with Crippen LogP contribution in [-0.4, -0.2) is 51.8 Å². The fourth-order valence-corrected chi connectivity index (χ4v) is 3.23. The van der Waals surface area contributed by atoms with Crippen LogP contribution in [0.15, 0.2) is 0 Å². The minimum absolute atomic E-state index is 0.0120. The van der Waals surface area contributed by atoms with Gasteiger partial charge in [0.15, 0.2) is 0 Å². The molecule has 0 spiro atoms. The molecule has 0 radical (unpaired) electrons. The molecule has 1 aromatic heterocycles. The zero-order valence-electron chi connectivity index (χ0n) is 12.9. The van der Waals surface area contributed by atoms with E-state index in [0.29, 0.717) is 11.6 Å². The lowest BCUT2D eigenvalue weighted by atomic mass is 9.98. The number of nitrogens with zero attached hydrogens (tertiary/aromatic N) is 3. The van der Waals surface area contributed by atoms with Gasteiger partial charge in [0.25, 0.3) is 0 Å². The molecule has 2 N–H and O–H groups in total. The Morgan fingerprint density at radius 3 is 2.86 bits per heavy atom. The van der Waals surface area contributed by atoms with Gasteiger partial charge in [-0.2, -0.15) is 0 Å². The van der Waals surface area contributed by atoms with E-state index in [1.54, 1.807) is 0 Å².